The van der Waals surface area contributed by atoms with Gasteiger partial charge in [0.1, 0.15) is 5.52 Å². The van der Waals surface area contributed by atoms with Gasteiger partial charge in [-0.1, -0.05) is 23.7 Å². The predicted molar refractivity (Wildman–Crippen MR) is 115 cm³/mol. The van der Waals surface area contributed by atoms with E-state index >= 15 is 0 Å². The second-order valence-corrected chi connectivity index (χ2v) is 8.01. The number of halogens is 1. The van der Waals surface area contributed by atoms with Gasteiger partial charge in [-0.2, -0.15) is 0 Å². The molecule has 8 nitrogen and oxygen atoms in total. The van der Waals surface area contributed by atoms with E-state index in [1.54, 1.807) is 6.07 Å². The van der Waals surface area contributed by atoms with Crippen molar-refractivity contribution in [1.82, 2.24) is 10.3 Å². The number of nitrogens with zero attached hydrogens (tertiary/aromatic N) is 1. The Bertz CT molecular complexity index is 1130. The number of nitrogens with one attached hydrogen (secondary N) is 2. The molecule has 0 saturated carbocycles. The molecule has 1 aromatic heterocycles. The van der Waals surface area contributed by atoms with Crippen LogP contribution < -0.4 is 10.6 Å². The van der Waals surface area contributed by atoms with Gasteiger partial charge in [0.15, 0.2) is 12.0 Å². The number of carboxylic acids is 2. The fourth-order valence-corrected chi connectivity index (χ4v) is 4.42. The van der Waals surface area contributed by atoms with Crippen molar-refractivity contribution in [2.45, 2.75) is 25.3 Å². The number of fused-ring (bicyclic) bond motifs is 2. The number of carboxylic acid groups (broad SMARTS) is 2. The highest BCUT2D eigenvalue weighted by Crippen LogP contribution is 2.38. The van der Waals surface area contributed by atoms with Crippen LogP contribution in [0.25, 0.3) is 11.1 Å². The maximum atomic E-state index is 11.9. The van der Waals surface area contributed by atoms with Gasteiger partial charge in [0.2, 0.25) is 0 Å². The van der Waals surface area contributed by atoms with Gasteiger partial charge in [0.25, 0.3) is 0 Å². The Labute approximate surface area is 183 Å². The summed E-state index contributed by atoms with van der Waals surface area (Å²) in [6.07, 6.45) is 1.61. The van der Waals surface area contributed by atoms with E-state index in [4.69, 9.17) is 16.0 Å². The highest BCUT2D eigenvalue weighted by Gasteiger charge is 2.34. The summed E-state index contributed by atoms with van der Waals surface area (Å²) in [5.74, 6) is -3.76. The third-order valence-electron chi connectivity index (χ3n) is 5.68. The summed E-state index contributed by atoms with van der Waals surface area (Å²) in [4.78, 5) is 27.3. The van der Waals surface area contributed by atoms with Crippen molar-refractivity contribution in [3.05, 3.63) is 58.4 Å². The van der Waals surface area contributed by atoms with Gasteiger partial charge >= 0.3 is 11.9 Å². The molecule has 0 aliphatic carbocycles. The summed E-state index contributed by atoms with van der Waals surface area (Å²) in [5, 5.41) is 26.1. The molecule has 0 saturated heterocycles. The first-order valence-electron chi connectivity index (χ1n) is 9.96. The Kier molecular flexibility index (Phi) is 6.11. The largest absolute Gasteiger partial charge is 0.481 e. The molecule has 0 radical (unpaired) electrons. The van der Waals surface area contributed by atoms with Crippen LogP contribution in [-0.2, 0) is 22.6 Å². The highest BCUT2D eigenvalue weighted by molar-refractivity contribution is 6.33. The molecule has 2 heterocycles. The molecule has 0 bridgehead atoms. The fraction of sp³-hybridized carbons (Fsp3) is 0.318. The van der Waals surface area contributed by atoms with Crippen molar-refractivity contribution in [3.8, 4) is 0 Å². The molecule has 4 rings (SSSR count). The number of benzene rings is 2. The number of aliphatic carboxylic acids is 2. The van der Waals surface area contributed by atoms with Crippen molar-refractivity contribution in [2.24, 2.45) is 5.92 Å². The lowest BCUT2D eigenvalue weighted by molar-refractivity contribution is -0.149. The Hall–Kier alpha value is -3.10. The van der Waals surface area contributed by atoms with Gasteiger partial charge in [-0.25, -0.2) is 4.98 Å². The average molecular weight is 444 g/mol. The molecule has 31 heavy (non-hydrogen) atoms. The minimum Gasteiger partial charge on any atom is -0.481 e. The smallest absolute Gasteiger partial charge is 0.307 e. The lowest BCUT2D eigenvalue weighted by atomic mass is 9.81. The van der Waals surface area contributed by atoms with Crippen molar-refractivity contribution < 1.29 is 24.2 Å². The summed E-state index contributed by atoms with van der Waals surface area (Å²) in [5.41, 5.74) is 4.93. The average Bonchev–Trinajstić information content (AvgIpc) is 3.10. The molecule has 1 aliphatic heterocycles. The number of hydrogen-bond donors (Lipinski definition) is 4. The molecule has 0 amide bonds. The SMILES string of the molecule is O=C(O)CC(C(=O)O)C1CNCCc2c1ccc(Cl)c2NCc1ccc2ncoc2c1. The first-order chi connectivity index (χ1) is 14.9. The van der Waals surface area contributed by atoms with Gasteiger partial charge in [0.05, 0.1) is 23.0 Å². The maximum absolute atomic E-state index is 11.9. The lowest BCUT2D eigenvalue weighted by Crippen LogP contribution is -2.31. The summed E-state index contributed by atoms with van der Waals surface area (Å²) >= 11 is 6.51. The van der Waals surface area contributed by atoms with Gasteiger partial charge in [-0.05, 0) is 47.9 Å². The summed E-state index contributed by atoms with van der Waals surface area (Å²) in [7, 11) is 0. The number of hydrogen-bond acceptors (Lipinski definition) is 6. The zero-order chi connectivity index (χ0) is 22.0. The van der Waals surface area contributed by atoms with Crippen LogP contribution in [0.1, 0.15) is 29.0 Å². The third-order valence-corrected chi connectivity index (χ3v) is 5.99. The number of rotatable bonds is 7. The zero-order valence-corrected chi connectivity index (χ0v) is 17.4. The van der Waals surface area contributed by atoms with Crippen LogP contribution in [0, 0.1) is 5.92 Å². The van der Waals surface area contributed by atoms with Crippen molar-refractivity contribution in [3.63, 3.8) is 0 Å². The second kappa shape index (κ2) is 8.95. The molecular formula is C22H22ClN3O5. The van der Waals surface area contributed by atoms with Gasteiger partial charge in [0, 0.05) is 19.0 Å². The van der Waals surface area contributed by atoms with Crippen molar-refractivity contribution >= 4 is 40.3 Å². The second-order valence-electron chi connectivity index (χ2n) is 7.60. The maximum Gasteiger partial charge on any atom is 0.307 e. The number of aromatic nitrogens is 1. The molecule has 1 aliphatic rings. The Morgan fingerprint density at radius 1 is 1.29 bits per heavy atom. The molecule has 4 N–H and O–H groups in total. The standard InChI is InChI=1S/C22H22ClN3O5/c23-17-3-2-13-14(5-6-24-10-16(13)15(22(29)30)8-20(27)28)21(17)25-9-12-1-4-18-19(7-12)31-11-26-18/h1-4,7,11,15-16,24-25H,5-6,8-10H2,(H,27,28)(H,29,30). The van der Waals surface area contributed by atoms with E-state index in [9.17, 15) is 19.8 Å². The van der Waals surface area contributed by atoms with E-state index in [0.29, 0.717) is 36.7 Å². The van der Waals surface area contributed by atoms with Gasteiger partial charge < -0.3 is 25.3 Å². The van der Waals surface area contributed by atoms with Crippen LogP contribution in [0.4, 0.5) is 5.69 Å². The number of carbonyl (C=O) groups is 2. The first kappa shape index (κ1) is 21.1. The van der Waals surface area contributed by atoms with Crippen LogP contribution in [-0.4, -0.2) is 40.2 Å². The van der Waals surface area contributed by atoms with Gasteiger partial charge in [-0.3, -0.25) is 9.59 Å². The molecule has 0 fully saturated rings. The van der Waals surface area contributed by atoms with E-state index in [-0.39, 0.29) is 0 Å². The Morgan fingerprint density at radius 2 is 2.13 bits per heavy atom. The minimum absolute atomic E-state index is 0.389. The van der Waals surface area contributed by atoms with E-state index in [1.807, 2.05) is 24.3 Å². The normalized spacial score (nSPS) is 17.0. The Morgan fingerprint density at radius 3 is 2.90 bits per heavy atom. The number of anilines is 1. The summed E-state index contributed by atoms with van der Waals surface area (Å²) in [6.45, 7) is 1.52. The van der Waals surface area contributed by atoms with Crippen molar-refractivity contribution in [1.29, 1.82) is 0 Å². The highest BCUT2D eigenvalue weighted by atomic mass is 35.5. The quantitative estimate of drug-likeness (QED) is 0.437. The topological polar surface area (TPSA) is 125 Å². The molecular weight excluding hydrogens is 422 g/mol. The molecule has 2 aromatic carbocycles. The van der Waals surface area contributed by atoms with E-state index < -0.39 is 30.2 Å². The number of oxazole rings is 1. The zero-order valence-electron chi connectivity index (χ0n) is 16.6. The van der Waals surface area contributed by atoms with Crippen LogP contribution in [0.3, 0.4) is 0 Å². The van der Waals surface area contributed by atoms with Crippen molar-refractivity contribution in [2.75, 3.05) is 18.4 Å². The van der Waals surface area contributed by atoms with Crippen LogP contribution >= 0.6 is 11.6 Å². The third kappa shape index (κ3) is 4.50. The van der Waals surface area contributed by atoms with E-state index in [1.165, 1.54) is 6.39 Å². The molecule has 162 valence electrons. The van der Waals surface area contributed by atoms with E-state index in [0.717, 1.165) is 27.9 Å². The molecule has 3 aromatic rings. The van der Waals surface area contributed by atoms with Crippen LogP contribution in [0.2, 0.25) is 5.02 Å². The first-order valence-corrected chi connectivity index (χ1v) is 10.3. The van der Waals surface area contributed by atoms with E-state index in [2.05, 4.69) is 15.6 Å². The monoisotopic (exact) mass is 443 g/mol. The summed E-state index contributed by atoms with van der Waals surface area (Å²) in [6, 6.07) is 9.29. The molecule has 0 spiro atoms. The lowest BCUT2D eigenvalue weighted by Gasteiger charge is -2.25. The summed E-state index contributed by atoms with van der Waals surface area (Å²) < 4.78 is 5.36. The minimum atomic E-state index is -1.13. The molecule has 2 unspecified atom stereocenters. The Balaban J connectivity index is 1.66. The van der Waals surface area contributed by atoms with Crippen LogP contribution in [0.5, 0.6) is 0 Å². The van der Waals surface area contributed by atoms with Gasteiger partial charge in [-0.15, -0.1) is 0 Å². The molecule has 2 atom stereocenters. The van der Waals surface area contributed by atoms with Crippen LogP contribution in [0.15, 0.2) is 41.1 Å². The predicted octanol–water partition coefficient (Wildman–Crippen LogP) is 3.50. The molecule has 9 heteroatoms. The fourth-order valence-electron chi connectivity index (χ4n) is 4.17.